The molecule has 3 nitrogen and oxygen atoms in total. The SMILES string of the molecule is CC(C)CONC(=O)CC(C)C(C)(C)C. The highest BCUT2D eigenvalue weighted by Gasteiger charge is 2.22. The molecule has 0 saturated carbocycles. The average molecular weight is 215 g/mol. The zero-order chi connectivity index (χ0) is 12.1. The molecular formula is C12H25NO2. The Labute approximate surface area is 93.5 Å². The molecule has 0 aliphatic heterocycles. The minimum Gasteiger partial charge on any atom is -0.273 e. The van der Waals surface area contributed by atoms with Crippen LogP contribution in [0.4, 0.5) is 0 Å². The lowest BCUT2D eigenvalue weighted by Gasteiger charge is -2.26. The van der Waals surface area contributed by atoms with Crippen molar-refractivity contribution in [3.05, 3.63) is 0 Å². The molecule has 1 atom stereocenters. The van der Waals surface area contributed by atoms with E-state index in [0.29, 0.717) is 24.9 Å². The second-order valence-corrected chi connectivity index (χ2v) is 5.70. The van der Waals surface area contributed by atoms with Gasteiger partial charge in [-0.25, -0.2) is 5.48 Å². The minimum absolute atomic E-state index is 0.0296. The first kappa shape index (κ1) is 14.4. The van der Waals surface area contributed by atoms with E-state index >= 15 is 0 Å². The van der Waals surface area contributed by atoms with Gasteiger partial charge in [0.1, 0.15) is 0 Å². The molecule has 1 unspecified atom stereocenters. The van der Waals surface area contributed by atoms with Gasteiger partial charge >= 0.3 is 0 Å². The van der Waals surface area contributed by atoms with Crippen LogP contribution in [0.15, 0.2) is 0 Å². The quantitative estimate of drug-likeness (QED) is 0.716. The van der Waals surface area contributed by atoms with Crippen molar-refractivity contribution in [3.63, 3.8) is 0 Å². The molecule has 0 aromatic rings. The van der Waals surface area contributed by atoms with E-state index in [2.05, 4.69) is 33.2 Å². The molecule has 15 heavy (non-hydrogen) atoms. The van der Waals surface area contributed by atoms with Crippen LogP contribution in [0.3, 0.4) is 0 Å². The Morgan fingerprint density at radius 2 is 1.80 bits per heavy atom. The second-order valence-electron chi connectivity index (χ2n) is 5.70. The first-order valence-corrected chi connectivity index (χ1v) is 5.64. The van der Waals surface area contributed by atoms with Crippen molar-refractivity contribution >= 4 is 5.91 Å². The molecule has 3 heteroatoms. The molecule has 1 N–H and O–H groups in total. The van der Waals surface area contributed by atoms with Crippen molar-refractivity contribution in [1.29, 1.82) is 0 Å². The van der Waals surface area contributed by atoms with Crippen LogP contribution in [0.5, 0.6) is 0 Å². The molecule has 0 rings (SSSR count). The van der Waals surface area contributed by atoms with Gasteiger partial charge in [-0.15, -0.1) is 0 Å². The summed E-state index contributed by atoms with van der Waals surface area (Å²) in [6.45, 7) is 13.2. The van der Waals surface area contributed by atoms with Gasteiger partial charge in [0.05, 0.1) is 6.61 Å². The molecule has 0 fully saturated rings. The highest BCUT2D eigenvalue weighted by atomic mass is 16.6. The number of rotatable bonds is 5. The zero-order valence-electron chi connectivity index (χ0n) is 10.9. The Kier molecular flexibility index (Phi) is 5.88. The van der Waals surface area contributed by atoms with Gasteiger partial charge in [-0.1, -0.05) is 41.5 Å². The van der Waals surface area contributed by atoms with Crippen LogP contribution >= 0.6 is 0 Å². The summed E-state index contributed by atoms with van der Waals surface area (Å²) in [5.41, 5.74) is 2.64. The van der Waals surface area contributed by atoms with E-state index in [-0.39, 0.29) is 11.3 Å². The molecule has 0 bridgehead atoms. The van der Waals surface area contributed by atoms with Crippen molar-refractivity contribution in [3.8, 4) is 0 Å². The lowest BCUT2D eigenvalue weighted by Crippen LogP contribution is -2.30. The molecule has 0 aliphatic rings. The Balaban J connectivity index is 3.75. The van der Waals surface area contributed by atoms with Gasteiger partial charge in [0.15, 0.2) is 0 Å². The van der Waals surface area contributed by atoms with Crippen LogP contribution in [0, 0.1) is 17.3 Å². The van der Waals surface area contributed by atoms with E-state index < -0.39 is 0 Å². The van der Waals surface area contributed by atoms with Crippen LogP contribution in [0.25, 0.3) is 0 Å². The third-order valence-electron chi connectivity index (χ3n) is 2.57. The van der Waals surface area contributed by atoms with Gasteiger partial charge in [-0.05, 0) is 17.3 Å². The van der Waals surface area contributed by atoms with Crippen molar-refractivity contribution in [2.24, 2.45) is 17.3 Å². The Morgan fingerprint density at radius 1 is 1.27 bits per heavy atom. The Morgan fingerprint density at radius 3 is 2.20 bits per heavy atom. The van der Waals surface area contributed by atoms with Crippen molar-refractivity contribution < 1.29 is 9.63 Å². The van der Waals surface area contributed by atoms with E-state index in [1.165, 1.54) is 0 Å². The molecule has 0 aliphatic carbocycles. The standard InChI is InChI=1S/C12H25NO2/c1-9(2)8-15-13-11(14)7-10(3)12(4,5)6/h9-10H,7-8H2,1-6H3,(H,13,14). The van der Waals surface area contributed by atoms with E-state index in [0.717, 1.165) is 0 Å². The molecule has 0 spiro atoms. The van der Waals surface area contributed by atoms with E-state index in [9.17, 15) is 4.79 Å². The van der Waals surface area contributed by atoms with Crippen molar-refractivity contribution in [1.82, 2.24) is 5.48 Å². The first-order chi connectivity index (χ1) is 6.73. The molecule has 90 valence electrons. The maximum atomic E-state index is 11.4. The number of hydrogen-bond acceptors (Lipinski definition) is 2. The summed E-state index contributed by atoms with van der Waals surface area (Å²) in [6, 6.07) is 0. The third kappa shape index (κ3) is 7.37. The fourth-order valence-electron chi connectivity index (χ4n) is 0.915. The Hall–Kier alpha value is -0.570. The van der Waals surface area contributed by atoms with Gasteiger partial charge in [0.2, 0.25) is 5.91 Å². The topological polar surface area (TPSA) is 38.3 Å². The van der Waals surface area contributed by atoms with Gasteiger partial charge in [0, 0.05) is 6.42 Å². The number of hydroxylamine groups is 1. The molecular weight excluding hydrogens is 190 g/mol. The normalized spacial score (nSPS) is 14.1. The number of carbonyl (C=O) groups excluding carboxylic acids is 1. The summed E-state index contributed by atoms with van der Waals surface area (Å²) in [5, 5.41) is 0. The summed E-state index contributed by atoms with van der Waals surface area (Å²) in [7, 11) is 0. The molecule has 0 aromatic carbocycles. The zero-order valence-corrected chi connectivity index (χ0v) is 10.9. The third-order valence-corrected chi connectivity index (χ3v) is 2.57. The lowest BCUT2D eigenvalue weighted by molar-refractivity contribution is -0.136. The van der Waals surface area contributed by atoms with Crippen molar-refractivity contribution in [2.75, 3.05) is 6.61 Å². The number of nitrogens with one attached hydrogen (secondary N) is 1. The van der Waals surface area contributed by atoms with E-state index in [1.54, 1.807) is 0 Å². The molecule has 0 radical (unpaired) electrons. The molecule has 0 saturated heterocycles. The number of carbonyl (C=O) groups is 1. The molecule has 0 heterocycles. The van der Waals surface area contributed by atoms with Gasteiger partial charge in [-0.3, -0.25) is 9.63 Å². The summed E-state index contributed by atoms with van der Waals surface area (Å²) in [5.74, 6) is 0.753. The average Bonchev–Trinajstić information content (AvgIpc) is 2.01. The maximum Gasteiger partial charge on any atom is 0.243 e. The van der Waals surface area contributed by atoms with Crippen LogP contribution in [-0.4, -0.2) is 12.5 Å². The van der Waals surface area contributed by atoms with Gasteiger partial charge < -0.3 is 0 Å². The summed E-state index contributed by atoms with van der Waals surface area (Å²) in [4.78, 5) is 16.5. The predicted octanol–water partition coefficient (Wildman–Crippen LogP) is 2.76. The van der Waals surface area contributed by atoms with Crippen LogP contribution < -0.4 is 5.48 Å². The predicted molar refractivity (Wildman–Crippen MR) is 62.2 cm³/mol. The summed E-state index contributed by atoms with van der Waals surface area (Å²) >= 11 is 0. The maximum absolute atomic E-state index is 11.4. The van der Waals surface area contributed by atoms with Crippen molar-refractivity contribution in [2.45, 2.75) is 48.0 Å². The van der Waals surface area contributed by atoms with Gasteiger partial charge in [-0.2, -0.15) is 0 Å². The van der Waals surface area contributed by atoms with Crippen LogP contribution in [0.2, 0.25) is 0 Å². The molecule has 0 aromatic heterocycles. The van der Waals surface area contributed by atoms with Crippen LogP contribution in [-0.2, 0) is 9.63 Å². The fourth-order valence-corrected chi connectivity index (χ4v) is 0.915. The Bertz CT molecular complexity index is 194. The van der Waals surface area contributed by atoms with E-state index in [1.807, 2.05) is 13.8 Å². The largest absolute Gasteiger partial charge is 0.273 e. The minimum atomic E-state index is -0.0296. The summed E-state index contributed by atoms with van der Waals surface area (Å²) < 4.78 is 0. The monoisotopic (exact) mass is 215 g/mol. The first-order valence-electron chi connectivity index (χ1n) is 5.64. The highest BCUT2D eigenvalue weighted by Crippen LogP contribution is 2.27. The van der Waals surface area contributed by atoms with Crippen LogP contribution in [0.1, 0.15) is 48.0 Å². The van der Waals surface area contributed by atoms with Gasteiger partial charge in [0.25, 0.3) is 0 Å². The highest BCUT2D eigenvalue weighted by molar-refractivity contribution is 5.75. The van der Waals surface area contributed by atoms with E-state index in [4.69, 9.17) is 4.84 Å². The number of hydrogen-bond donors (Lipinski definition) is 1. The smallest absolute Gasteiger partial charge is 0.243 e. The second kappa shape index (κ2) is 6.11. The number of amides is 1. The fraction of sp³-hybridized carbons (Fsp3) is 0.917. The summed E-state index contributed by atoms with van der Waals surface area (Å²) in [6.07, 6.45) is 0.515. The molecule has 1 amide bonds. The lowest BCUT2D eigenvalue weighted by atomic mass is 9.80.